The summed E-state index contributed by atoms with van der Waals surface area (Å²) in [5.41, 5.74) is -0.0431. The molecule has 0 spiro atoms. The lowest BCUT2D eigenvalue weighted by molar-refractivity contribution is -0.219. The largest absolute Gasteiger partial charge is 0.458 e. The normalized spacial score (nSPS) is 53.1. The Bertz CT molecular complexity index is 703. The van der Waals surface area contributed by atoms with E-state index in [1.54, 1.807) is 6.08 Å². The number of cyclic esters (lactones) is 1. The van der Waals surface area contributed by atoms with E-state index in [0.29, 0.717) is 18.4 Å². The number of ether oxygens (including phenoxy) is 1. The van der Waals surface area contributed by atoms with Gasteiger partial charge in [-0.05, 0) is 92.4 Å². The van der Waals surface area contributed by atoms with Crippen LogP contribution < -0.4 is 0 Å². The van der Waals surface area contributed by atoms with Crippen LogP contribution in [-0.4, -0.2) is 46.2 Å². The number of aliphatic hydroxyl groups excluding tert-OH is 2. The summed E-state index contributed by atoms with van der Waals surface area (Å²) in [7, 11) is 0. The van der Waals surface area contributed by atoms with Crippen LogP contribution in [0.2, 0.25) is 0 Å². The van der Waals surface area contributed by atoms with Crippen LogP contribution in [0.15, 0.2) is 11.6 Å². The maximum absolute atomic E-state index is 12.1. The molecule has 5 aliphatic rings. The predicted molar refractivity (Wildman–Crippen MR) is 103 cm³/mol. The van der Waals surface area contributed by atoms with Crippen molar-refractivity contribution in [3.8, 4) is 0 Å². The van der Waals surface area contributed by atoms with E-state index < -0.39 is 5.60 Å². The highest BCUT2D eigenvalue weighted by atomic mass is 16.5. The second-order valence-electron chi connectivity index (χ2n) is 10.6. The molecule has 5 unspecified atom stereocenters. The van der Waals surface area contributed by atoms with Gasteiger partial charge >= 0.3 is 5.97 Å². The van der Waals surface area contributed by atoms with Gasteiger partial charge in [-0.15, -0.1) is 0 Å². The van der Waals surface area contributed by atoms with E-state index in [2.05, 4.69) is 6.92 Å². The molecular formula is C23H34O5. The average molecular weight is 391 g/mol. The zero-order valence-corrected chi connectivity index (χ0v) is 16.9. The van der Waals surface area contributed by atoms with Gasteiger partial charge in [-0.3, -0.25) is 0 Å². The molecule has 156 valence electrons. The monoisotopic (exact) mass is 390 g/mol. The summed E-state index contributed by atoms with van der Waals surface area (Å²) in [6.45, 7) is 2.78. The fourth-order valence-corrected chi connectivity index (χ4v) is 8.49. The number of esters is 1. The summed E-state index contributed by atoms with van der Waals surface area (Å²) < 4.78 is 5.19. The molecule has 0 bridgehead atoms. The molecule has 5 rings (SSSR count). The minimum Gasteiger partial charge on any atom is -0.458 e. The lowest BCUT2D eigenvalue weighted by Gasteiger charge is -2.64. The molecule has 0 aromatic carbocycles. The molecule has 28 heavy (non-hydrogen) atoms. The number of hydrogen-bond donors (Lipinski definition) is 3. The average Bonchev–Trinajstić information content (AvgIpc) is 3.22. The quantitative estimate of drug-likeness (QED) is 0.631. The van der Waals surface area contributed by atoms with E-state index in [-0.39, 0.29) is 41.3 Å². The zero-order valence-electron chi connectivity index (χ0n) is 16.9. The Hall–Kier alpha value is -0.910. The number of rotatable bonds is 2. The van der Waals surface area contributed by atoms with E-state index in [1.165, 1.54) is 0 Å². The maximum atomic E-state index is 12.1. The van der Waals surface area contributed by atoms with Crippen molar-refractivity contribution in [1.82, 2.24) is 0 Å². The van der Waals surface area contributed by atoms with Gasteiger partial charge in [0.25, 0.3) is 0 Å². The van der Waals surface area contributed by atoms with E-state index >= 15 is 0 Å². The van der Waals surface area contributed by atoms with Gasteiger partial charge in [-0.1, -0.05) is 6.92 Å². The third-order valence-corrected chi connectivity index (χ3v) is 9.95. The van der Waals surface area contributed by atoms with Crippen LogP contribution in [0.4, 0.5) is 0 Å². The molecule has 0 aromatic rings. The molecule has 5 nitrogen and oxygen atoms in total. The van der Waals surface area contributed by atoms with Gasteiger partial charge < -0.3 is 20.1 Å². The van der Waals surface area contributed by atoms with Crippen molar-refractivity contribution in [2.24, 2.45) is 34.5 Å². The van der Waals surface area contributed by atoms with E-state index in [0.717, 1.165) is 63.4 Å². The van der Waals surface area contributed by atoms with Crippen LogP contribution in [0.25, 0.3) is 0 Å². The third-order valence-electron chi connectivity index (χ3n) is 9.95. The summed E-state index contributed by atoms with van der Waals surface area (Å²) in [5.74, 6) is 0.866. The van der Waals surface area contributed by atoms with Crippen molar-refractivity contribution in [2.45, 2.75) is 76.4 Å². The van der Waals surface area contributed by atoms with Crippen molar-refractivity contribution in [1.29, 1.82) is 0 Å². The SMILES string of the molecule is CC12CCC3[C@@H](CCC4C[C@@H](O)CCC43CO)[C@@]1(O)CCC2C1=CC(=O)OC1. The fourth-order valence-electron chi connectivity index (χ4n) is 8.49. The van der Waals surface area contributed by atoms with Crippen LogP contribution in [-0.2, 0) is 9.53 Å². The summed E-state index contributed by atoms with van der Waals surface area (Å²) in [5, 5.41) is 32.8. The third kappa shape index (κ3) is 2.33. The molecule has 0 amide bonds. The highest BCUT2D eigenvalue weighted by Gasteiger charge is 2.68. The number of carbonyl (C=O) groups is 1. The van der Waals surface area contributed by atoms with Gasteiger partial charge in [-0.2, -0.15) is 0 Å². The van der Waals surface area contributed by atoms with Gasteiger partial charge in [0.2, 0.25) is 0 Å². The van der Waals surface area contributed by atoms with Gasteiger partial charge in [-0.25, -0.2) is 4.79 Å². The summed E-state index contributed by atoms with van der Waals surface area (Å²) in [6, 6.07) is 0. The first kappa shape index (κ1) is 19.1. The lowest BCUT2D eigenvalue weighted by atomic mass is 9.43. The van der Waals surface area contributed by atoms with Gasteiger partial charge in [0.05, 0.1) is 11.7 Å². The molecule has 0 radical (unpaired) electrons. The van der Waals surface area contributed by atoms with Crippen LogP contribution in [0.1, 0.15) is 64.7 Å². The van der Waals surface area contributed by atoms with Crippen molar-refractivity contribution in [3.05, 3.63) is 11.6 Å². The van der Waals surface area contributed by atoms with Crippen molar-refractivity contribution < 1.29 is 24.9 Å². The molecule has 5 heteroatoms. The van der Waals surface area contributed by atoms with E-state index in [1.807, 2.05) is 0 Å². The Balaban J connectivity index is 1.48. The highest BCUT2D eigenvalue weighted by molar-refractivity contribution is 5.85. The second kappa shape index (κ2) is 6.29. The van der Waals surface area contributed by atoms with Crippen LogP contribution in [0, 0.1) is 34.5 Å². The van der Waals surface area contributed by atoms with E-state index in [9.17, 15) is 20.1 Å². The fraction of sp³-hybridized carbons (Fsp3) is 0.870. The number of fused-ring (bicyclic) bond motifs is 5. The summed E-state index contributed by atoms with van der Waals surface area (Å²) >= 11 is 0. The first-order chi connectivity index (χ1) is 13.3. The Kier molecular flexibility index (Phi) is 4.29. The standard InChI is InChI=1S/C23H34O5/c1-21-7-5-18-19(3-2-15-11-16(25)4-8-22(15,18)13-24)23(21,27)9-6-17(21)14-10-20(26)28-12-14/h10,15-19,24-25,27H,2-9,11-13H2,1H3/t15?,16-,17?,18?,19+,21?,22?,23-/m0/s1. The van der Waals surface area contributed by atoms with Crippen molar-refractivity contribution >= 4 is 5.97 Å². The molecule has 0 aromatic heterocycles. The molecule has 1 aliphatic heterocycles. The molecule has 3 N–H and O–H groups in total. The molecule has 4 aliphatic carbocycles. The summed E-state index contributed by atoms with van der Waals surface area (Å²) in [6.07, 6.45) is 9.47. The molecule has 4 fully saturated rings. The van der Waals surface area contributed by atoms with Crippen LogP contribution >= 0.6 is 0 Å². The predicted octanol–water partition coefficient (Wildman–Crippen LogP) is 2.58. The Labute approximate surface area is 167 Å². The Morgan fingerprint density at radius 3 is 2.64 bits per heavy atom. The summed E-state index contributed by atoms with van der Waals surface area (Å²) in [4.78, 5) is 11.6. The second-order valence-corrected chi connectivity index (χ2v) is 10.6. The van der Waals surface area contributed by atoms with Gasteiger partial charge in [0, 0.05) is 18.1 Å². The molecule has 0 saturated heterocycles. The number of hydrogen-bond acceptors (Lipinski definition) is 5. The molecule has 8 atom stereocenters. The number of carbonyl (C=O) groups excluding carboxylic acids is 1. The maximum Gasteiger partial charge on any atom is 0.331 e. The zero-order chi connectivity index (χ0) is 19.7. The number of aliphatic hydroxyl groups is 3. The topological polar surface area (TPSA) is 87.0 Å². The smallest absolute Gasteiger partial charge is 0.331 e. The molecule has 4 saturated carbocycles. The Morgan fingerprint density at radius 2 is 1.93 bits per heavy atom. The van der Waals surface area contributed by atoms with Crippen LogP contribution in [0.5, 0.6) is 0 Å². The van der Waals surface area contributed by atoms with Crippen LogP contribution in [0.3, 0.4) is 0 Å². The minimum absolute atomic E-state index is 0.136. The van der Waals surface area contributed by atoms with Gasteiger partial charge in [0.15, 0.2) is 0 Å². The van der Waals surface area contributed by atoms with Crippen molar-refractivity contribution in [2.75, 3.05) is 13.2 Å². The molecular weight excluding hydrogens is 356 g/mol. The first-order valence-corrected chi connectivity index (χ1v) is 11.2. The van der Waals surface area contributed by atoms with Gasteiger partial charge in [0.1, 0.15) is 6.61 Å². The van der Waals surface area contributed by atoms with E-state index in [4.69, 9.17) is 4.74 Å². The molecule has 1 heterocycles. The van der Waals surface area contributed by atoms with Crippen molar-refractivity contribution in [3.63, 3.8) is 0 Å². The Morgan fingerprint density at radius 1 is 1.11 bits per heavy atom. The highest BCUT2D eigenvalue weighted by Crippen LogP contribution is 2.69. The first-order valence-electron chi connectivity index (χ1n) is 11.2. The lowest BCUT2D eigenvalue weighted by Crippen LogP contribution is -2.63. The minimum atomic E-state index is -0.740.